The van der Waals surface area contributed by atoms with Crippen LogP contribution in [0.5, 0.6) is 11.5 Å². The lowest BCUT2D eigenvalue weighted by Gasteiger charge is -2.50. The van der Waals surface area contributed by atoms with Crippen LogP contribution in [0.25, 0.3) is 0 Å². The molecule has 9 heteroatoms. The smallest absolute Gasteiger partial charge is 0.167 e. The molecule has 5 aromatic rings. The molecule has 0 radical (unpaired) electrons. The summed E-state index contributed by atoms with van der Waals surface area (Å²) >= 11 is 0. The van der Waals surface area contributed by atoms with Gasteiger partial charge in [0, 0.05) is 30.4 Å². The van der Waals surface area contributed by atoms with Gasteiger partial charge in [-0.15, -0.1) is 0 Å². The normalized spacial score (nSPS) is 19.8. The number of phenolic OH excluding ortho intramolecular Hbond substituents is 1. The molecule has 264 valence electrons. The van der Waals surface area contributed by atoms with Crippen molar-refractivity contribution in [3.8, 4) is 11.5 Å². The van der Waals surface area contributed by atoms with E-state index in [1.165, 1.54) is 0 Å². The first-order valence-electron chi connectivity index (χ1n) is 17.2. The first-order chi connectivity index (χ1) is 24.8. The van der Waals surface area contributed by atoms with E-state index in [2.05, 4.69) is 10.6 Å². The molecular formula is C42H45N3O6. The van der Waals surface area contributed by atoms with Crippen molar-refractivity contribution >= 4 is 5.84 Å². The number of aromatic hydroxyl groups is 1. The molecule has 9 nitrogen and oxygen atoms in total. The van der Waals surface area contributed by atoms with Crippen LogP contribution < -0.4 is 15.4 Å². The molecule has 4 atom stereocenters. The van der Waals surface area contributed by atoms with Crippen molar-refractivity contribution in [2.45, 2.75) is 49.2 Å². The Kier molecular flexibility index (Phi) is 11.1. The second-order valence-electron chi connectivity index (χ2n) is 12.8. The molecule has 1 aliphatic rings. The maximum Gasteiger partial charge on any atom is 0.167 e. The Labute approximate surface area is 298 Å². The zero-order chi connectivity index (χ0) is 35.8. The van der Waals surface area contributed by atoms with E-state index in [1.807, 2.05) is 109 Å². The fourth-order valence-corrected chi connectivity index (χ4v) is 7.02. The number of nitrogens with zero attached hydrogens (tertiary/aromatic N) is 1. The minimum Gasteiger partial charge on any atom is -0.507 e. The van der Waals surface area contributed by atoms with E-state index in [0.29, 0.717) is 17.1 Å². The Balaban J connectivity index is 1.72. The third-order valence-corrected chi connectivity index (χ3v) is 9.48. The number of ether oxygens (including phenoxy) is 1. The van der Waals surface area contributed by atoms with Gasteiger partial charge in [0.05, 0.1) is 24.9 Å². The standard InChI is InChI=1S/C42H45N3O6/c1-51-35-20-21-36(39(50)28-35)40-43-41(31-14-4-2-5-15-31,37-18-10-8-12-29(37)26-33(48)22-24-46)45-42(44-40,32-16-6-3-7-17-32)38-19-11-9-13-30(38)27-34(49)23-25-47/h2-21,28,33-34,45-50H,22-27H2,1H3,(H,43,44). The van der Waals surface area contributed by atoms with Gasteiger partial charge in [0.2, 0.25) is 0 Å². The third kappa shape index (κ3) is 7.39. The third-order valence-electron chi connectivity index (χ3n) is 9.48. The number of amidine groups is 1. The fraction of sp³-hybridized carbons (Fsp3) is 0.262. The number of aliphatic hydroxyl groups is 4. The van der Waals surface area contributed by atoms with E-state index in [1.54, 1.807) is 25.3 Å². The van der Waals surface area contributed by atoms with Gasteiger partial charge in [-0.1, -0.05) is 109 Å². The summed E-state index contributed by atoms with van der Waals surface area (Å²) in [6.45, 7) is -0.294. The highest BCUT2D eigenvalue weighted by atomic mass is 16.5. The van der Waals surface area contributed by atoms with Crippen molar-refractivity contribution in [1.29, 1.82) is 0 Å². The van der Waals surface area contributed by atoms with Gasteiger partial charge in [0.1, 0.15) is 23.0 Å². The summed E-state index contributed by atoms with van der Waals surface area (Å²) in [6, 6.07) is 40.5. The van der Waals surface area contributed by atoms with Gasteiger partial charge in [-0.3, -0.25) is 5.32 Å². The van der Waals surface area contributed by atoms with Crippen LogP contribution in [0.15, 0.2) is 132 Å². The topological polar surface area (TPSA) is 147 Å². The van der Waals surface area contributed by atoms with Crippen LogP contribution in [0.1, 0.15) is 51.8 Å². The highest BCUT2D eigenvalue weighted by Crippen LogP contribution is 2.44. The second-order valence-corrected chi connectivity index (χ2v) is 12.8. The van der Waals surface area contributed by atoms with Crippen LogP contribution in [0.4, 0.5) is 0 Å². The van der Waals surface area contributed by atoms with E-state index >= 15 is 0 Å². The number of hydrogen-bond donors (Lipinski definition) is 7. The lowest BCUT2D eigenvalue weighted by molar-refractivity contribution is 0.132. The van der Waals surface area contributed by atoms with Crippen LogP contribution in [0.2, 0.25) is 0 Å². The van der Waals surface area contributed by atoms with Gasteiger partial charge in [-0.05, 0) is 60.1 Å². The maximum absolute atomic E-state index is 11.5. The molecule has 0 amide bonds. The molecule has 0 bridgehead atoms. The van der Waals surface area contributed by atoms with Gasteiger partial charge in [-0.2, -0.15) is 0 Å². The molecule has 6 rings (SSSR count). The number of rotatable bonds is 14. The zero-order valence-electron chi connectivity index (χ0n) is 28.6. The lowest BCUT2D eigenvalue weighted by Crippen LogP contribution is -2.67. The first kappa shape index (κ1) is 35.8. The summed E-state index contributed by atoms with van der Waals surface area (Å²) in [6.07, 6.45) is -0.616. The van der Waals surface area contributed by atoms with E-state index in [4.69, 9.17) is 9.73 Å². The van der Waals surface area contributed by atoms with Crippen LogP contribution in [-0.4, -0.2) is 63.9 Å². The molecule has 0 aromatic heterocycles. The average molecular weight is 688 g/mol. The van der Waals surface area contributed by atoms with Crippen molar-refractivity contribution in [3.05, 3.63) is 166 Å². The number of phenols is 1. The first-order valence-corrected chi connectivity index (χ1v) is 17.2. The Morgan fingerprint density at radius 3 is 1.76 bits per heavy atom. The minimum atomic E-state index is -1.32. The zero-order valence-corrected chi connectivity index (χ0v) is 28.6. The molecule has 1 heterocycles. The lowest BCUT2D eigenvalue weighted by atomic mass is 9.79. The Bertz CT molecular complexity index is 1940. The van der Waals surface area contributed by atoms with Crippen molar-refractivity contribution in [2.75, 3.05) is 20.3 Å². The number of nitrogens with one attached hydrogen (secondary N) is 2. The number of aliphatic imine (C=N–C) groups is 1. The molecule has 0 saturated carbocycles. The quantitative estimate of drug-likeness (QED) is 0.0889. The van der Waals surface area contributed by atoms with Crippen molar-refractivity contribution in [2.24, 2.45) is 4.99 Å². The summed E-state index contributed by atoms with van der Waals surface area (Å²) in [5.74, 6) is 0.837. The number of methoxy groups -OCH3 is 1. The Morgan fingerprint density at radius 2 is 1.20 bits per heavy atom. The van der Waals surface area contributed by atoms with Gasteiger partial charge < -0.3 is 35.6 Å². The van der Waals surface area contributed by atoms with E-state index in [9.17, 15) is 25.5 Å². The van der Waals surface area contributed by atoms with Gasteiger partial charge in [-0.25, -0.2) is 4.99 Å². The Morgan fingerprint density at radius 1 is 0.667 bits per heavy atom. The van der Waals surface area contributed by atoms with Crippen LogP contribution in [0.3, 0.4) is 0 Å². The monoisotopic (exact) mass is 687 g/mol. The molecule has 5 aromatic carbocycles. The summed E-state index contributed by atoms with van der Waals surface area (Å²) in [5.41, 5.74) is 2.79. The molecule has 0 saturated heterocycles. The number of hydrogen-bond acceptors (Lipinski definition) is 9. The fourth-order valence-electron chi connectivity index (χ4n) is 7.02. The molecule has 0 spiro atoms. The van der Waals surface area contributed by atoms with Gasteiger partial charge in [0.25, 0.3) is 0 Å². The molecule has 7 N–H and O–H groups in total. The number of aliphatic hydroxyl groups excluding tert-OH is 4. The summed E-state index contributed by atoms with van der Waals surface area (Å²) in [5, 5.41) is 60.6. The average Bonchev–Trinajstić information content (AvgIpc) is 3.16. The highest BCUT2D eigenvalue weighted by molar-refractivity contribution is 6.03. The van der Waals surface area contributed by atoms with Gasteiger partial charge >= 0.3 is 0 Å². The highest BCUT2D eigenvalue weighted by Gasteiger charge is 2.51. The summed E-state index contributed by atoms with van der Waals surface area (Å²) in [4.78, 5) is 5.50. The van der Waals surface area contributed by atoms with Crippen LogP contribution >= 0.6 is 0 Å². The van der Waals surface area contributed by atoms with Crippen molar-refractivity contribution in [3.63, 3.8) is 0 Å². The molecular weight excluding hydrogens is 642 g/mol. The Hall–Kier alpha value is -5.03. The van der Waals surface area contributed by atoms with E-state index in [0.717, 1.165) is 33.4 Å². The summed E-state index contributed by atoms with van der Waals surface area (Å²) < 4.78 is 5.43. The molecule has 0 aliphatic carbocycles. The molecule has 4 unspecified atom stereocenters. The predicted octanol–water partition coefficient (Wildman–Crippen LogP) is 4.71. The maximum atomic E-state index is 11.5. The van der Waals surface area contributed by atoms with E-state index < -0.39 is 23.5 Å². The van der Waals surface area contributed by atoms with Crippen LogP contribution in [-0.2, 0) is 24.2 Å². The molecule has 1 aliphatic heterocycles. The summed E-state index contributed by atoms with van der Waals surface area (Å²) in [7, 11) is 1.54. The van der Waals surface area contributed by atoms with Gasteiger partial charge in [0.15, 0.2) is 5.66 Å². The molecule has 51 heavy (non-hydrogen) atoms. The number of benzene rings is 5. The predicted molar refractivity (Wildman–Crippen MR) is 198 cm³/mol. The molecule has 0 fully saturated rings. The minimum absolute atomic E-state index is 0.0373. The van der Waals surface area contributed by atoms with Crippen LogP contribution in [0, 0.1) is 0 Å². The van der Waals surface area contributed by atoms with Crippen molar-refractivity contribution < 1.29 is 30.3 Å². The van der Waals surface area contributed by atoms with E-state index in [-0.39, 0.29) is 44.6 Å². The second kappa shape index (κ2) is 15.9. The van der Waals surface area contributed by atoms with Crippen molar-refractivity contribution in [1.82, 2.24) is 10.6 Å². The SMILES string of the molecule is COc1ccc(C2=NC(c3ccccc3)(c3ccccc3CC(O)CCO)NC(c3ccccc3)(c3ccccc3CC(O)CCO)N2)c(O)c1. The largest absolute Gasteiger partial charge is 0.507 e.